The van der Waals surface area contributed by atoms with Gasteiger partial charge in [0.15, 0.2) is 0 Å². The van der Waals surface area contributed by atoms with Crippen molar-refractivity contribution in [2.45, 2.75) is 32.4 Å². The van der Waals surface area contributed by atoms with Gasteiger partial charge in [0.1, 0.15) is 18.1 Å². The van der Waals surface area contributed by atoms with E-state index in [0.29, 0.717) is 6.61 Å². The molecule has 6 heteroatoms. The van der Waals surface area contributed by atoms with Gasteiger partial charge in [-0.25, -0.2) is 0 Å². The van der Waals surface area contributed by atoms with E-state index in [1.165, 1.54) is 0 Å². The summed E-state index contributed by atoms with van der Waals surface area (Å²) >= 11 is 6.29. The first kappa shape index (κ1) is 21.5. The van der Waals surface area contributed by atoms with Crippen molar-refractivity contribution in [2.75, 3.05) is 26.8 Å². The number of benzene rings is 2. The zero-order valence-electron chi connectivity index (χ0n) is 17.1. The summed E-state index contributed by atoms with van der Waals surface area (Å²) in [6.07, 6.45) is 1.93. The number of amides is 1. The zero-order valence-corrected chi connectivity index (χ0v) is 17.8. The molecule has 0 aliphatic carbocycles. The second kappa shape index (κ2) is 10.5. The van der Waals surface area contributed by atoms with Gasteiger partial charge in [-0.3, -0.25) is 9.69 Å². The molecule has 5 nitrogen and oxygen atoms in total. The molecule has 156 valence electrons. The van der Waals surface area contributed by atoms with Crippen molar-refractivity contribution in [2.24, 2.45) is 5.92 Å². The first-order valence-electron chi connectivity index (χ1n) is 10.1. The van der Waals surface area contributed by atoms with Crippen molar-refractivity contribution in [1.82, 2.24) is 10.2 Å². The largest absolute Gasteiger partial charge is 0.497 e. The summed E-state index contributed by atoms with van der Waals surface area (Å²) in [5, 5.41) is 3.88. The lowest BCUT2D eigenvalue weighted by Crippen LogP contribution is -2.46. The van der Waals surface area contributed by atoms with Gasteiger partial charge in [-0.15, -0.1) is 0 Å². The number of nitrogens with one attached hydrogen (secondary N) is 1. The van der Waals surface area contributed by atoms with Gasteiger partial charge in [-0.1, -0.05) is 29.8 Å². The van der Waals surface area contributed by atoms with E-state index in [1.807, 2.05) is 55.5 Å². The van der Waals surface area contributed by atoms with Crippen molar-refractivity contribution in [3.8, 4) is 11.5 Å². The van der Waals surface area contributed by atoms with Crippen LogP contribution in [0.15, 0.2) is 48.5 Å². The van der Waals surface area contributed by atoms with Crippen molar-refractivity contribution in [3.05, 3.63) is 59.1 Å². The standard InChI is InChI=1S/C23H29ClN2O3/c1-17(16-29-21-11-9-20(28-2)10-12-21)25-23(27)19-7-5-13-26(15-19)14-18-6-3-4-8-22(18)24/h3-4,6,8-12,17,19H,5,7,13-16H2,1-2H3,(H,25,27)/t17-,19+/m0/s1. The van der Waals surface area contributed by atoms with Gasteiger partial charge >= 0.3 is 0 Å². The van der Waals surface area contributed by atoms with Crippen LogP contribution in [0.4, 0.5) is 0 Å². The Balaban J connectivity index is 1.45. The third-order valence-electron chi connectivity index (χ3n) is 5.18. The molecule has 0 aromatic heterocycles. The second-order valence-electron chi connectivity index (χ2n) is 7.56. The van der Waals surface area contributed by atoms with Crippen molar-refractivity contribution in [3.63, 3.8) is 0 Å². The average Bonchev–Trinajstić information content (AvgIpc) is 2.74. The van der Waals surface area contributed by atoms with Crippen LogP contribution in [-0.2, 0) is 11.3 Å². The molecule has 2 aromatic rings. The molecule has 1 saturated heterocycles. The topological polar surface area (TPSA) is 50.8 Å². The molecule has 0 bridgehead atoms. The summed E-state index contributed by atoms with van der Waals surface area (Å²) in [6, 6.07) is 15.3. The molecule has 2 atom stereocenters. The van der Waals surface area contributed by atoms with E-state index in [9.17, 15) is 4.79 Å². The predicted molar refractivity (Wildman–Crippen MR) is 116 cm³/mol. The second-order valence-corrected chi connectivity index (χ2v) is 7.97. The number of likely N-dealkylation sites (tertiary alicyclic amines) is 1. The molecular formula is C23H29ClN2O3. The Morgan fingerprint density at radius 1 is 1.21 bits per heavy atom. The minimum absolute atomic E-state index is 0.00493. The van der Waals surface area contributed by atoms with Crippen molar-refractivity contribution < 1.29 is 14.3 Å². The molecule has 1 amide bonds. The Morgan fingerprint density at radius 2 is 1.93 bits per heavy atom. The smallest absolute Gasteiger partial charge is 0.224 e. The first-order valence-corrected chi connectivity index (χ1v) is 10.5. The number of methoxy groups -OCH3 is 1. The zero-order chi connectivity index (χ0) is 20.6. The average molecular weight is 417 g/mol. The summed E-state index contributed by atoms with van der Waals surface area (Å²) in [5.41, 5.74) is 1.11. The van der Waals surface area contributed by atoms with Crippen LogP contribution < -0.4 is 14.8 Å². The fourth-order valence-corrected chi connectivity index (χ4v) is 3.77. The van der Waals surface area contributed by atoms with Gasteiger partial charge in [0.05, 0.1) is 19.1 Å². The lowest BCUT2D eigenvalue weighted by molar-refractivity contribution is -0.127. The molecule has 1 N–H and O–H groups in total. The van der Waals surface area contributed by atoms with Gasteiger partial charge in [0.25, 0.3) is 0 Å². The molecule has 3 rings (SSSR count). The highest BCUT2D eigenvalue weighted by molar-refractivity contribution is 6.31. The molecule has 1 heterocycles. The number of halogens is 1. The Morgan fingerprint density at radius 3 is 2.66 bits per heavy atom. The summed E-state index contributed by atoms with van der Waals surface area (Å²) in [6.45, 7) is 4.91. The predicted octanol–water partition coefficient (Wildman–Crippen LogP) is 4.14. The van der Waals surface area contributed by atoms with Crippen molar-refractivity contribution >= 4 is 17.5 Å². The normalized spacial score (nSPS) is 18.1. The number of carbonyl (C=O) groups is 1. The summed E-state index contributed by atoms with van der Waals surface area (Å²) in [7, 11) is 1.63. The van der Waals surface area contributed by atoms with Gasteiger partial charge in [0.2, 0.25) is 5.91 Å². The number of rotatable bonds is 8. The molecule has 0 spiro atoms. The molecule has 1 fully saturated rings. The van der Waals surface area contributed by atoms with E-state index in [2.05, 4.69) is 10.2 Å². The van der Waals surface area contributed by atoms with Crippen molar-refractivity contribution in [1.29, 1.82) is 0 Å². The molecular weight excluding hydrogens is 388 g/mol. The van der Waals surface area contributed by atoms with E-state index in [0.717, 1.165) is 54.6 Å². The van der Waals surface area contributed by atoms with Gasteiger partial charge in [-0.05, 0) is 62.2 Å². The fraction of sp³-hybridized carbons (Fsp3) is 0.435. The van der Waals surface area contributed by atoms with Gasteiger partial charge in [-0.2, -0.15) is 0 Å². The molecule has 1 aliphatic heterocycles. The number of piperidine rings is 1. The maximum Gasteiger partial charge on any atom is 0.224 e. The number of carbonyl (C=O) groups excluding carboxylic acids is 1. The third kappa shape index (κ3) is 6.38. The third-order valence-corrected chi connectivity index (χ3v) is 5.54. The molecule has 1 aliphatic rings. The maximum atomic E-state index is 12.7. The van der Waals surface area contributed by atoms with Crippen LogP contribution in [0.25, 0.3) is 0 Å². The number of hydrogen-bond donors (Lipinski definition) is 1. The monoisotopic (exact) mass is 416 g/mol. The lowest BCUT2D eigenvalue weighted by atomic mass is 9.96. The molecule has 2 aromatic carbocycles. The summed E-state index contributed by atoms with van der Waals surface area (Å²) in [5.74, 6) is 1.64. The lowest BCUT2D eigenvalue weighted by Gasteiger charge is -2.32. The van der Waals surface area contributed by atoms with Gasteiger partial charge < -0.3 is 14.8 Å². The van der Waals surface area contributed by atoms with Crippen LogP contribution in [0.1, 0.15) is 25.3 Å². The molecule has 0 unspecified atom stereocenters. The van der Waals surface area contributed by atoms with Gasteiger partial charge in [0, 0.05) is 18.1 Å². The SMILES string of the molecule is COc1ccc(OC[C@H](C)NC(=O)[C@@H]2CCCN(Cc3ccccc3Cl)C2)cc1. The van der Waals surface area contributed by atoms with Crippen LogP contribution >= 0.6 is 11.6 Å². The molecule has 0 saturated carbocycles. The Kier molecular flexibility index (Phi) is 7.78. The summed E-state index contributed by atoms with van der Waals surface area (Å²) < 4.78 is 10.9. The van der Waals surface area contributed by atoms with Crippen LogP contribution in [0, 0.1) is 5.92 Å². The van der Waals surface area contributed by atoms with Crippen LogP contribution in [0.5, 0.6) is 11.5 Å². The van der Waals surface area contributed by atoms with Crippen LogP contribution in [-0.4, -0.2) is 43.7 Å². The minimum atomic E-state index is -0.0662. The van der Waals surface area contributed by atoms with E-state index in [4.69, 9.17) is 21.1 Å². The number of ether oxygens (including phenoxy) is 2. The number of hydrogen-bond acceptors (Lipinski definition) is 4. The van der Waals surface area contributed by atoms with Crippen LogP contribution in [0.3, 0.4) is 0 Å². The Bertz CT molecular complexity index is 797. The highest BCUT2D eigenvalue weighted by Gasteiger charge is 2.27. The number of nitrogens with zero attached hydrogens (tertiary/aromatic N) is 1. The Labute approximate surface area is 177 Å². The van der Waals surface area contributed by atoms with E-state index in [1.54, 1.807) is 7.11 Å². The molecule has 0 radical (unpaired) electrons. The Hall–Kier alpha value is -2.24. The van der Waals surface area contributed by atoms with E-state index in [-0.39, 0.29) is 17.9 Å². The maximum absolute atomic E-state index is 12.7. The first-order chi connectivity index (χ1) is 14.0. The highest BCUT2D eigenvalue weighted by Crippen LogP contribution is 2.22. The quantitative estimate of drug-likeness (QED) is 0.702. The van der Waals surface area contributed by atoms with E-state index >= 15 is 0 Å². The summed E-state index contributed by atoms with van der Waals surface area (Å²) in [4.78, 5) is 15.0. The van der Waals surface area contributed by atoms with Crippen LogP contribution in [0.2, 0.25) is 5.02 Å². The minimum Gasteiger partial charge on any atom is -0.497 e. The fourth-order valence-electron chi connectivity index (χ4n) is 3.58. The molecule has 29 heavy (non-hydrogen) atoms. The highest BCUT2D eigenvalue weighted by atomic mass is 35.5. The van der Waals surface area contributed by atoms with E-state index < -0.39 is 0 Å².